The molecule has 142 valence electrons. The molecule has 0 aliphatic rings. The van der Waals surface area contributed by atoms with Crippen LogP contribution in [0.15, 0.2) is 47.4 Å². The topological polar surface area (TPSA) is 96.7 Å². The summed E-state index contributed by atoms with van der Waals surface area (Å²) >= 11 is 0. The molecule has 0 aromatic heterocycles. The number of hydrogen-bond acceptors (Lipinski definition) is 6. The zero-order valence-electron chi connectivity index (χ0n) is 15.3. The molecule has 0 amide bonds. The van der Waals surface area contributed by atoms with Crippen molar-refractivity contribution in [2.24, 2.45) is 0 Å². The van der Waals surface area contributed by atoms with Crippen LogP contribution in [0.3, 0.4) is 0 Å². The standard InChI is InChI=1S/C19H20N2O5S/c1-4-21(5-2)27(23,24)18-12-14(10-11-17(18)25-3)19(22)26-16-9-7-6-8-15(16)13-20/h6-12H,4-5H2,1-3H3. The molecular formula is C19H20N2O5S. The molecule has 8 heteroatoms. The molecule has 0 spiro atoms. The van der Waals surface area contributed by atoms with Crippen LogP contribution in [0.25, 0.3) is 0 Å². The second-order valence-corrected chi connectivity index (χ2v) is 7.36. The number of rotatable bonds is 7. The molecule has 0 saturated heterocycles. The molecule has 0 atom stereocenters. The number of benzene rings is 2. The van der Waals surface area contributed by atoms with Gasteiger partial charge in [-0.05, 0) is 30.3 Å². The molecular weight excluding hydrogens is 368 g/mol. The third kappa shape index (κ3) is 4.27. The molecule has 0 saturated carbocycles. The van der Waals surface area contributed by atoms with Crippen molar-refractivity contribution in [3.8, 4) is 17.6 Å². The Labute approximate surface area is 158 Å². The first-order chi connectivity index (χ1) is 12.9. The summed E-state index contributed by atoms with van der Waals surface area (Å²) in [5.74, 6) is -0.527. The van der Waals surface area contributed by atoms with Crippen molar-refractivity contribution < 1.29 is 22.7 Å². The van der Waals surface area contributed by atoms with Gasteiger partial charge in [0, 0.05) is 13.1 Å². The van der Waals surface area contributed by atoms with E-state index in [4.69, 9.17) is 14.7 Å². The van der Waals surface area contributed by atoms with E-state index in [1.807, 2.05) is 6.07 Å². The van der Waals surface area contributed by atoms with Crippen LogP contribution in [-0.4, -0.2) is 38.9 Å². The summed E-state index contributed by atoms with van der Waals surface area (Å²) in [6.45, 7) is 4.02. The van der Waals surface area contributed by atoms with Gasteiger partial charge in [-0.25, -0.2) is 13.2 Å². The zero-order chi connectivity index (χ0) is 20.0. The van der Waals surface area contributed by atoms with Crippen LogP contribution in [0, 0.1) is 11.3 Å². The van der Waals surface area contributed by atoms with E-state index in [0.717, 1.165) is 0 Å². The maximum atomic E-state index is 12.9. The number of methoxy groups -OCH3 is 1. The lowest BCUT2D eigenvalue weighted by atomic mass is 10.2. The average Bonchev–Trinajstić information content (AvgIpc) is 2.68. The Morgan fingerprint density at radius 2 is 1.78 bits per heavy atom. The van der Waals surface area contributed by atoms with E-state index in [2.05, 4.69) is 0 Å². The Bertz CT molecular complexity index is 976. The normalized spacial score (nSPS) is 11.1. The van der Waals surface area contributed by atoms with E-state index >= 15 is 0 Å². The lowest BCUT2D eigenvalue weighted by molar-refractivity contribution is 0.0734. The smallest absolute Gasteiger partial charge is 0.343 e. The Morgan fingerprint density at radius 3 is 2.37 bits per heavy atom. The number of hydrogen-bond donors (Lipinski definition) is 0. The molecule has 7 nitrogen and oxygen atoms in total. The summed E-state index contributed by atoms with van der Waals surface area (Å²) < 4.78 is 37.4. The van der Waals surface area contributed by atoms with Gasteiger partial charge < -0.3 is 9.47 Å². The highest BCUT2D eigenvalue weighted by molar-refractivity contribution is 7.89. The van der Waals surface area contributed by atoms with Gasteiger partial charge in [-0.2, -0.15) is 9.57 Å². The van der Waals surface area contributed by atoms with Crippen LogP contribution in [0.4, 0.5) is 0 Å². The van der Waals surface area contributed by atoms with Gasteiger partial charge in [-0.1, -0.05) is 26.0 Å². The molecule has 0 heterocycles. The minimum Gasteiger partial charge on any atom is -0.495 e. The van der Waals surface area contributed by atoms with E-state index in [0.29, 0.717) is 0 Å². The fourth-order valence-electron chi connectivity index (χ4n) is 2.51. The summed E-state index contributed by atoms with van der Waals surface area (Å²) in [5.41, 5.74) is 0.240. The third-order valence-corrected chi connectivity index (χ3v) is 6.00. The fraction of sp³-hybridized carbons (Fsp3) is 0.263. The lowest BCUT2D eigenvalue weighted by Gasteiger charge is -2.20. The summed E-state index contributed by atoms with van der Waals surface area (Å²) in [6.07, 6.45) is 0. The molecule has 2 aromatic rings. The third-order valence-electron chi connectivity index (χ3n) is 3.93. The minimum absolute atomic E-state index is 0.0364. The molecule has 27 heavy (non-hydrogen) atoms. The van der Waals surface area contributed by atoms with Gasteiger partial charge in [0.15, 0.2) is 0 Å². The summed E-state index contributed by atoms with van der Waals surface area (Å²) in [5, 5.41) is 9.09. The van der Waals surface area contributed by atoms with E-state index in [-0.39, 0.29) is 40.6 Å². The number of esters is 1. The summed E-state index contributed by atoms with van der Waals surface area (Å²) in [4.78, 5) is 12.4. The molecule has 0 unspecified atom stereocenters. The quantitative estimate of drug-likeness (QED) is 0.534. The maximum Gasteiger partial charge on any atom is 0.343 e. The van der Waals surface area contributed by atoms with Crippen molar-refractivity contribution in [3.05, 3.63) is 53.6 Å². The predicted octanol–water partition coefficient (Wildman–Crippen LogP) is 2.82. The highest BCUT2D eigenvalue weighted by atomic mass is 32.2. The Kier molecular flexibility index (Phi) is 6.55. The van der Waals surface area contributed by atoms with E-state index in [1.165, 1.54) is 41.7 Å². The molecule has 0 fully saturated rings. The first-order valence-electron chi connectivity index (χ1n) is 8.28. The molecule has 0 N–H and O–H groups in total. The van der Waals surface area contributed by atoms with Gasteiger partial charge in [0.2, 0.25) is 10.0 Å². The number of nitrogens with zero attached hydrogens (tertiary/aromatic N) is 2. The van der Waals surface area contributed by atoms with Gasteiger partial charge >= 0.3 is 5.97 Å². The molecule has 0 radical (unpaired) electrons. The Morgan fingerprint density at radius 1 is 1.11 bits per heavy atom. The Hall–Kier alpha value is -2.89. The van der Waals surface area contributed by atoms with Crippen molar-refractivity contribution in [2.45, 2.75) is 18.7 Å². The molecule has 2 rings (SSSR count). The highest BCUT2D eigenvalue weighted by Crippen LogP contribution is 2.28. The molecule has 0 aliphatic carbocycles. The second kappa shape index (κ2) is 8.66. The lowest BCUT2D eigenvalue weighted by Crippen LogP contribution is -2.31. The number of nitriles is 1. The maximum absolute atomic E-state index is 12.9. The van der Waals surface area contributed by atoms with Gasteiger partial charge in [-0.15, -0.1) is 0 Å². The van der Waals surface area contributed by atoms with Crippen LogP contribution in [-0.2, 0) is 10.0 Å². The van der Waals surface area contributed by atoms with Crippen molar-refractivity contribution in [1.29, 1.82) is 5.26 Å². The van der Waals surface area contributed by atoms with E-state index in [1.54, 1.807) is 26.0 Å². The van der Waals surface area contributed by atoms with E-state index < -0.39 is 16.0 Å². The van der Waals surface area contributed by atoms with Crippen molar-refractivity contribution in [1.82, 2.24) is 4.31 Å². The van der Waals surface area contributed by atoms with Crippen molar-refractivity contribution in [2.75, 3.05) is 20.2 Å². The van der Waals surface area contributed by atoms with Gasteiger partial charge in [0.25, 0.3) is 0 Å². The van der Waals surface area contributed by atoms with Crippen LogP contribution in [0.1, 0.15) is 29.8 Å². The first kappa shape index (κ1) is 20.4. The van der Waals surface area contributed by atoms with Crippen molar-refractivity contribution >= 4 is 16.0 Å². The first-order valence-corrected chi connectivity index (χ1v) is 9.72. The average molecular weight is 388 g/mol. The fourth-order valence-corrected chi connectivity index (χ4v) is 4.15. The number of carbonyl (C=O) groups is 1. The monoisotopic (exact) mass is 388 g/mol. The Balaban J connectivity index is 2.45. The van der Waals surface area contributed by atoms with Crippen LogP contribution in [0.2, 0.25) is 0 Å². The van der Waals surface area contributed by atoms with Crippen LogP contribution in [0.5, 0.6) is 11.5 Å². The number of para-hydroxylation sites is 1. The number of ether oxygens (including phenoxy) is 2. The SMILES string of the molecule is CCN(CC)S(=O)(=O)c1cc(C(=O)Oc2ccccc2C#N)ccc1OC. The number of sulfonamides is 1. The highest BCUT2D eigenvalue weighted by Gasteiger charge is 2.27. The predicted molar refractivity (Wildman–Crippen MR) is 99.2 cm³/mol. The van der Waals surface area contributed by atoms with Gasteiger partial charge in [-0.3, -0.25) is 0 Å². The second-order valence-electron chi connectivity index (χ2n) is 5.45. The molecule has 0 bridgehead atoms. The van der Waals surface area contributed by atoms with Gasteiger partial charge in [0.05, 0.1) is 18.2 Å². The largest absolute Gasteiger partial charge is 0.495 e. The molecule has 2 aromatic carbocycles. The van der Waals surface area contributed by atoms with Crippen LogP contribution < -0.4 is 9.47 Å². The van der Waals surface area contributed by atoms with Crippen LogP contribution >= 0.6 is 0 Å². The summed E-state index contributed by atoms with van der Waals surface area (Å²) in [6, 6.07) is 12.3. The van der Waals surface area contributed by atoms with Gasteiger partial charge in [0.1, 0.15) is 22.5 Å². The number of carbonyl (C=O) groups excluding carboxylic acids is 1. The summed E-state index contributed by atoms with van der Waals surface area (Å²) in [7, 11) is -2.48. The minimum atomic E-state index is -3.84. The molecule has 0 aliphatic heterocycles. The zero-order valence-corrected chi connectivity index (χ0v) is 16.1. The van der Waals surface area contributed by atoms with E-state index in [9.17, 15) is 13.2 Å². The van der Waals surface area contributed by atoms with Crippen molar-refractivity contribution in [3.63, 3.8) is 0 Å².